The van der Waals surface area contributed by atoms with E-state index in [-0.39, 0.29) is 11.7 Å². The zero-order valence-electron chi connectivity index (χ0n) is 18.3. The Balaban J connectivity index is 1.28. The molecule has 1 amide bonds. The zero-order valence-corrected chi connectivity index (χ0v) is 18.3. The topological polar surface area (TPSA) is 36.0 Å². The Morgan fingerprint density at radius 2 is 1.77 bits per heavy atom. The van der Waals surface area contributed by atoms with Crippen LogP contribution in [0.3, 0.4) is 0 Å². The summed E-state index contributed by atoms with van der Waals surface area (Å²) in [5, 5.41) is 0. The largest absolute Gasteiger partial charge is 0.496 e. The SMILES string of the molecule is COc1ccccc1CN1CCN(C2CCC(=O)N(Cc3cccc(F)c3)CC2)CC1. The lowest BCUT2D eigenvalue weighted by Gasteiger charge is -2.39. The summed E-state index contributed by atoms with van der Waals surface area (Å²) in [5.41, 5.74) is 2.09. The van der Waals surface area contributed by atoms with Crippen molar-refractivity contribution in [1.82, 2.24) is 14.7 Å². The maximum Gasteiger partial charge on any atom is 0.222 e. The van der Waals surface area contributed by atoms with Crippen molar-refractivity contribution in [3.05, 3.63) is 65.5 Å². The molecule has 2 aliphatic heterocycles. The second-order valence-corrected chi connectivity index (χ2v) is 8.55. The summed E-state index contributed by atoms with van der Waals surface area (Å²) in [4.78, 5) is 19.6. The molecule has 0 spiro atoms. The number of para-hydroxylation sites is 1. The van der Waals surface area contributed by atoms with Crippen LogP contribution in [0, 0.1) is 5.82 Å². The van der Waals surface area contributed by atoms with Crippen LogP contribution in [-0.4, -0.2) is 66.5 Å². The molecule has 0 aromatic heterocycles. The average molecular weight is 426 g/mol. The van der Waals surface area contributed by atoms with Crippen LogP contribution in [0.2, 0.25) is 0 Å². The number of halogens is 1. The van der Waals surface area contributed by atoms with E-state index < -0.39 is 0 Å². The summed E-state index contributed by atoms with van der Waals surface area (Å²) in [6, 6.07) is 15.2. The van der Waals surface area contributed by atoms with Crippen LogP contribution in [0.15, 0.2) is 48.5 Å². The van der Waals surface area contributed by atoms with Crippen molar-refractivity contribution in [2.45, 2.75) is 38.4 Å². The second kappa shape index (κ2) is 10.2. The summed E-state index contributed by atoms with van der Waals surface area (Å²) < 4.78 is 19.0. The molecule has 2 aromatic carbocycles. The van der Waals surface area contributed by atoms with E-state index in [2.05, 4.69) is 21.9 Å². The van der Waals surface area contributed by atoms with E-state index in [0.717, 1.165) is 63.4 Å². The molecule has 0 bridgehead atoms. The van der Waals surface area contributed by atoms with E-state index in [1.165, 1.54) is 17.7 Å². The number of carbonyl (C=O) groups excluding carboxylic acids is 1. The van der Waals surface area contributed by atoms with E-state index in [1.807, 2.05) is 23.1 Å². The second-order valence-electron chi connectivity index (χ2n) is 8.55. The lowest BCUT2D eigenvalue weighted by Crippen LogP contribution is -2.50. The molecule has 2 fully saturated rings. The average Bonchev–Trinajstić information content (AvgIpc) is 2.96. The number of methoxy groups -OCH3 is 1. The predicted molar refractivity (Wildman–Crippen MR) is 119 cm³/mol. The van der Waals surface area contributed by atoms with Crippen molar-refractivity contribution in [1.29, 1.82) is 0 Å². The number of carbonyl (C=O) groups is 1. The molecule has 166 valence electrons. The van der Waals surface area contributed by atoms with Crippen LogP contribution in [0.1, 0.15) is 30.4 Å². The number of piperazine rings is 1. The van der Waals surface area contributed by atoms with Crippen LogP contribution in [-0.2, 0) is 17.9 Å². The number of nitrogens with zero attached hydrogens (tertiary/aromatic N) is 3. The molecule has 6 heteroatoms. The van der Waals surface area contributed by atoms with Gasteiger partial charge in [-0.3, -0.25) is 14.6 Å². The first-order valence-electron chi connectivity index (χ1n) is 11.2. The molecule has 0 aliphatic carbocycles. The van der Waals surface area contributed by atoms with Gasteiger partial charge < -0.3 is 9.64 Å². The summed E-state index contributed by atoms with van der Waals surface area (Å²) in [5.74, 6) is 0.885. The van der Waals surface area contributed by atoms with Crippen molar-refractivity contribution >= 4 is 5.91 Å². The van der Waals surface area contributed by atoms with Gasteiger partial charge in [-0.25, -0.2) is 4.39 Å². The quantitative estimate of drug-likeness (QED) is 0.709. The van der Waals surface area contributed by atoms with Gasteiger partial charge in [-0.15, -0.1) is 0 Å². The smallest absolute Gasteiger partial charge is 0.222 e. The molecule has 5 nitrogen and oxygen atoms in total. The lowest BCUT2D eigenvalue weighted by molar-refractivity contribution is -0.131. The first-order chi connectivity index (χ1) is 15.1. The van der Waals surface area contributed by atoms with Crippen molar-refractivity contribution in [2.75, 3.05) is 39.8 Å². The number of amides is 1. The Hall–Kier alpha value is -2.44. The number of ether oxygens (including phenoxy) is 1. The third-order valence-electron chi connectivity index (χ3n) is 6.55. The van der Waals surface area contributed by atoms with Crippen LogP contribution < -0.4 is 4.74 Å². The molecule has 2 aliphatic rings. The van der Waals surface area contributed by atoms with Crippen molar-refractivity contribution in [2.24, 2.45) is 0 Å². The van der Waals surface area contributed by atoms with Gasteiger partial charge in [0.25, 0.3) is 0 Å². The number of likely N-dealkylation sites (tertiary alicyclic amines) is 1. The van der Waals surface area contributed by atoms with E-state index in [9.17, 15) is 9.18 Å². The van der Waals surface area contributed by atoms with E-state index in [4.69, 9.17) is 4.74 Å². The first kappa shape index (κ1) is 21.8. The highest BCUT2D eigenvalue weighted by atomic mass is 19.1. The highest BCUT2D eigenvalue weighted by molar-refractivity contribution is 5.76. The molecule has 4 rings (SSSR count). The maximum absolute atomic E-state index is 13.5. The van der Waals surface area contributed by atoms with Crippen LogP contribution in [0.5, 0.6) is 5.75 Å². The minimum atomic E-state index is -0.247. The van der Waals surface area contributed by atoms with E-state index >= 15 is 0 Å². The minimum absolute atomic E-state index is 0.182. The standard InChI is InChI=1S/C25H32FN3O2/c1-31-24-8-3-2-6-21(24)19-27-13-15-28(16-14-27)23-9-10-25(30)29(12-11-23)18-20-5-4-7-22(26)17-20/h2-8,17,23H,9-16,18-19H2,1H3. The Kier molecular flexibility index (Phi) is 7.20. The molecule has 2 heterocycles. The van der Waals surface area contributed by atoms with Gasteiger partial charge in [0.05, 0.1) is 7.11 Å². The van der Waals surface area contributed by atoms with Crippen molar-refractivity contribution in [3.8, 4) is 5.75 Å². The molecule has 0 saturated carbocycles. The summed E-state index contributed by atoms with van der Waals surface area (Å²) in [6.45, 7) is 6.24. The summed E-state index contributed by atoms with van der Waals surface area (Å²) >= 11 is 0. The van der Waals surface area contributed by atoms with Crippen LogP contribution in [0.4, 0.5) is 4.39 Å². The van der Waals surface area contributed by atoms with Gasteiger partial charge in [0.2, 0.25) is 5.91 Å². The molecule has 0 radical (unpaired) electrons. The van der Waals surface area contributed by atoms with Crippen molar-refractivity contribution in [3.63, 3.8) is 0 Å². The molecule has 2 saturated heterocycles. The van der Waals surface area contributed by atoms with Gasteiger partial charge in [-0.05, 0) is 36.6 Å². The number of benzene rings is 2. The Morgan fingerprint density at radius 3 is 2.55 bits per heavy atom. The zero-order chi connectivity index (χ0) is 21.6. The molecule has 2 aromatic rings. The Morgan fingerprint density at radius 1 is 0.968 bits per heavy atom. The molecule has 0 N–H and O–H groups in total. The monoisotopic (exact) mass is 425 g/mol. The van der Waals surface area contributed by atoms with E-state index in [0.29, 0.717) is 19.0 Å². The molecule has 1 unspecified atom stereocenters. The number of hydrogen-bond donors (Lipinski definition) is 0. The van der Waals surface area contributed by atoms with Gasteiger partial charge in [0.15, 0.2) is 0 Å². The maximum atomic E-state index is 13.5. The third-order valence-corrected chi connectivity index (χ3v) is 6.55. The molecular weight excluding hydrogens is 393 g/mol. The Labute approximate surface area is 184 Å². The molecule has 31 heavy (non-hydrogen) atoms. The fourth-order valence-electron chi connectivity index (χ4n) is 4.77. The fourth-order valence-corrected chi connectivity index (χ4v) is 4.77. The van der Waals surface area contributed by atoms with E-state index in [1.54, 1.807) is 13.2 Å². The normalized spacial score (nSPS) is 21.2. The van der Waals surface area contributed by atoms with Crippen molar-refractivity contribution < 1.29 is 13.9 Å². The minimum Gasteiger partial charge on any atom is -0.496 e. The number of hydrogen-bond acceptors (Lipinski definition) is 4. The van der Waals surface area contributed by atoms with Crippen LogP contribution in [0.25, 0.3) is 0 Å². The fraction of sp³-hybridized carbons (Fsp3) is 0.480. The molecule has 1 atom stereocenters. The highest BCUT2D eigenvalue weighted by Crippen LogP contribution is 2.23. The summed E-state index contributed by atoms with van der Waals surface area (Å²) in [7, 11) is 1.72. The lowest BCUT2D eigenvalue weighted by atomic mass is 10.1. The van der Waals surface area contributed by atoms with Gasteiger partial charge >= 0.3 is 0 Å². The summed E-state index contributed by atoms with van der Waals surface area (Å²) in [6.07, 6.45) is 2.46. The van der Waals surface area contributed by atoms with Gasteiger partial charge in [-0.2, -0.15) is 0 Å². The first-order valence-corrected chi connectivity index (χ1v) is 11.2. The van der Waals surface area contributed by atoms with Gasteiger partial charge in [0.1, 0.15) is 11.6 Å². The Bertz CT molecular complexity index is 883. The van der Waals surface area contributed by atoms with Gasteiger partial charge in [0, 0.05) is 63.8 Å². The number of rotatable bonds is 6. The molecular formula is C25H32FN3O2. The third kappa shape index (κ3) is 5.63. The highest BCUT2D eigenvalue weighted by Gasteiger charge is 2.29. The van der Waals surface area contributed by atoms with Crippen LogP contribution >= 0.6 is 0 Å². The predicted octanol–water partition coefficient (Wildman–Crippen LogP) is 3.53. The van der Waals surface area contributed by atoms with Gasteiger partial charge in [-0.1, -0.05) is 30.3 Å².